The molecule has 0 bridgehead atoms. The zero-order valence-corrected chi connectivity index (χ0v) is 14.3. The standard InChI is InChI=1S/C19H17N3O2S/c23-17(12-11-14-7-3-1-4-8-14)22-19-21-16(13-25-19)18(24)20-15-9-5-2-6-10-15/h1-10,13H,11-12H2,(H,20,24)(H,21,22,23). The molecule has 5 nitrogen and oxygen atoms in total. The molecule has 0 aliphatic carbocycles. The van der Waals surface area contributed by atoms with E-state index >= 15 is 0 Å². The van der Waals surface area contributed by atoms with Crippen molar-refractivity contribution < 1.29 is 9.59 Å². The average molecular weight is 351 g/mol. The molecule has 0 aliphatic rings. The summed E-state index contributed by atoms with van der Waals surface area (Å²) < 4.78 is 0. The van der Waals surface area contributed by atoms with Crippen molar-refractivity contribution in [1.82, 2.24) is 4.98 Å². The summed E-state index contributed by atoms with van der Waals surface area (Å²) in [4.78, 5) is 28.3. The summed E-state index contributed by atoms with van der Waals surface area (Å²) in [5.74, 6) is -0.416. The van der Waals surface area contributed by atoms with Gasteiger partial charge in [0.2, 0.25) is 5.91 Å². The van der Waals surface area contributed by atoms with Crippen LogP contribution in [0.3, 0.4) is 0 Å². The predicted octanol–water partition coefficient (Wildman–Crippen LogP) is 3.97. The first-order valence-electron chi connectivity index (χ1n) is 7.86. The number of aromatic nitrogens is 1. The lowest BCUT2D eigenvalue weighted by molar-refractivity contribution is -0.116. The molecule has 0 saturated carbocycles. The number of hydrogen-bond donors (Lipinski definition) is 2. The number of nitrogens with one attached hydrogen (secondary N) is 2. The van der Waals surface area contributed by atoms with Gasteiger partial charge < -0.3 is 10.6 Å². The lowest BCUT2D eigenvalue weighted by Crippen LogP contribution is -2.14. The minimum atomic E-state index is -0.299. The Kier molecular flexibility index (Phi) is 5.53. The van der Waals surface area contributed by atoms with Crippen LogP contribution >= 0.6 is 11.3 Å². The molecule has 0 radical (unpaired) electrons. The Morgan fingerprint density at radius 2 is 1.60 bits per heavy atom. The van der Waals surface area contributed by atoms with Crippen molar-refractivity contribution in [3.8, 4) is 0 Å². The number of rotatable bonds is 6. The lowest BCUT2D eigenvalue weighted by Gasteiger charge is -2.03. The molecule has 25 heavy (non-hydrogen) atoms. The Labute approximate surface area is 149 Å². The van der Waals surface area contributed by atoms with Gasteiger partial charge in [-0.05, 0) is 24.1 Å². The number of carbonyl (C=O) groups excluding carboxylic acids is 2. The molecule has 0 unspecified atom stereocenters. The third-order valence-corrected chi connectivity index (χ3v) is 4.26. The zero-order chi connectivity index (χ0) is 17.5. The molecule has 0 aliphatic heterocycles. The predicted molar refractivity (Wildman–Crippen MR) is 99.9 cm³/mol. The largest absolute Gasteiger partial charge is 0.321 e. The molecule has 3 rings (SSSR count). The van der Waals surface area contributed by atoms with Gasteiger partial charge in [0.05, 0.1) is 0 Å². The van der Waals surface area contributed by atoms with Crippen molar-refractivity contribution in [2.24, 2.45) is 0 Å². The maximum atomic E-state index is 12.1. The van der Waals surface area contributed by atoms with E-state index in [9.17, 15) is 9.59 Å². The lowest BCUT2D eigenvalue weighted by atomic mass is 10.1. The highest BCUT2D eigenvalue weighted by Gasteiger charge is 2.12. The van der Waals surface area contributed by atoms with Crippen LogP contribution in [-0.2, 0) is 11.2 Å². The van der Waals surface area contributed by atoms with Crippen LogP contribution in [-0.4, -0.2) is 16.8 Å². The Morgan fingerprint density at radius 3 is 2.32 bits per heavy atom. The molecule has 126 valence electrons. The minimum Gasteiger partial charge on any atom is -0.321 e. The van der Waals surface area contributed by atoms with Crippen LogP contribution in [0.5, 0.6) is 0 Å². The van der Waals surface area contributed by atoms with Gasteiger partial charge in [0.25, 0.3) is 5.91 Å². The Morgan fingerprint density at radius 1 is 0.920 bits per heavy atom. The number of aryl methyl sites for hydroxylation is 1. The monoisotopic (exact) mass is 351 g/mol. The number of amides is 2. The molecule has 1 aromatic heterocycles. The molecule has 0 atom stereocenters. The van der Waals surface area contributed by atoms with Gasteiger partial charge in [0.1, 0.15) is 5.69 Å². The highest BCUT2D eigenvalue weighted by Crippen LogP contribution is 2.17. The van der Waals surface area contributed by atoms with Gasteiger partial charge in [0, 0.05) is 17.5 Å². The maximum absolute atomic E-state index is 12.1. The zero-order valence-electron chi connectivity index (χ0n) is 13.4. The molecule has 0 saturated heterocycles. The van der Waals surface area contributed by atoms with E-state index in [1.54, 1.807) is 17.5 Å². The number of thiazole rings is 1. The molecule has 1 heterocycles. The number of benzene rings is 2. The number of nitrogens with zero attached hydrogens (tertiary/aromatic N) is 1. The Hall–Kier alpha value is -2.99. The summed E-state index contributed by atoms with van der Waals surface area (Å²) in [6.07, 6.45) is 1.04. The van der Waals surface area contributed by atoms with E-state index in [-0.39, 0.29) is 17.5 Å². The first-order chi connectivity index (χ1) is 12.2. The van der Waals surface area contributed by atoms with E-state index < -0.39 is 0 Å². The van der Waals surface area contributed by atoms with Gasteiger partial charge in [-0.15, -0.1) is 11.3 Å². The molecule has 3 aromatic rings. The van der Waals surface area contributed by atoms with Crippen LogP contribution in [0.25, 0.3) is 0 Å². The van der Waals surface area contributed by atoms with Gasteiger partial charge in [-0.25, -0.2) is 4.98 Å². The molecule has 0 fully saturated rings. The van der Waals surface area contributed by atoms with E-state index in [4.69, 9.17) is 0 Å². The van der Waals surface area contributed by atoms with Crippen LogP contribution in [0.1, 0.15) is 22.5 Å². The van der Waals surface area contributed by atoms with Gasteiger partial charge in [-0.3, -0.25) is 9.59 Å². The van der Waals surface area contributed by atoms with Gasteiger partial charge in [-0.1, -0.05) is 48.5 Å². The van der Waals surface area contributed by atoms with Crippen LogP contribution in [0.15, 0.2) is 66.0 Å². The Balaban J connectivity index is 1.52. The summed E-state index contributed by atoms with van der Waals surface area (Å²) in [5.41, 5.74) is 2.10. The molecule has 0 spiro atoms. The third-order valence-electron chi connectivity index (χ3n) is 3.50. The number of carbonyl (C=O) groups is 2. The van der Waals surface area contributed by atoms with Crippen LogP contribution < -0.4 is 10.6 Å². The second-order valence-electron chi connectivity index (χ2n) is 5.39. The van der Waals surface area contributed by atoms with E-state index in [0.717, 1.165) is 5.56 Å². The number of para-hydroxylation sites is 1. The van der Waals surface area contributed by atoms with Crippen molar-refractivity contribution in [2.45, 2.75) is 12.8 Å². The smallest absolute Gasteiger partial charge is 0.275 e. The van der Waals surface area contributed by atoms with Crippen LogP contribution in [0.4, 0.5) is 10.8 Å². The highest BCUT2D eigenvalue weighted by molar-refractivity contribution is 7.14. The van der Waals surface area contributed by atoms with Gasteiger partial charge in [0.15, 0.2) is 5.13 Å². The normalized spacial score (nSPS) is 10.2. The quantitative estimate of drug-likeness (QED) is 0.706. The number of anilines is 2. The summed E-state index contributed by atoms with van der Waals surface area (Å²) in [5, 5.41) is 7.56. The summed E-state index contributed by atoms with van der Waals surface area (Å²) >= 11 is 1.23. The van der Waals surface area contributed by atoms with E-state index in [2.05, 4.69) is 15.6 Å². The molecular weight excluding hydrogens is 334 g/mol. The maximum Gasteiger partial charge on any atom is 0.275 e. The van der Waals surface area contributed by atoms with Crippen LogP contribution in [0.2, 0.25) is 0 Å². The first kappa shape index (κ1) is 16.9. The minimum absolute atomic E-state index is 0.117. The fourth-order valence-electron chi connectivity index (χ4n) is 2.24. The van der Waals surface area contributed by atoms with Crippen molar-refractivity contribution in [3.63, 3.8) is 0 Å². The third kappa shape index (κ3) is 4.99. The van der Waals surface area contributed by atoms with E-state index in [1.165, 1.54) is 11.3 Å². The Bertz CT molecular complexity index is 847. The van der Waals surface area contributed by atoms with Crippen molar-refractivity contribution >= 4 is 34.0 Å². The molecule has 6 heteroatoms. The molecular formula is C19H17N3O2S. The fraction of sp³-hybridized carbons (Fsp3) is 0.105. The first-order valence-corrected chi connectivity index (χ1v) is 8.74. The highest BCUT2D eigenvalue weighted by atomic mass is 32.1. The van der Waals surface area contributed by atoms with E-state index in [1.807, 2.05) is 48.5 Å². The van der Waals surface area contributed by atoms with Crippen molar-refractivity contribution in [3.05, 3.63) is 77.3 Å². The summed E-state index contributed by atoms with van der Waals surface area (Å²) in [6.45, 7) is 0. The van der Waals surface area contributed by atoms with Crippen molar-refractivity contribution in [1.29, 1.82) is 0 Å². The van der Waals surface area contributed by atoms with Gasteiger partial charge >= 0.3 is 0 Å². The van der Waals surface area contributed by atoms with Crippen LogP contribution in [0, 0.1) is 0 Å². The number of hydrogen-bond acceptors (Lipinski definition) is 4. The average Bonchev–Trinajstić information content (AvgIpc) is 3.10. The summed E-state index contributed by atoms with van der Waals surface area (Å²) in [6, 6.07) is 19.0. The fourth-order valence-corrected chi connectivity index (χ4v) is 2.94. The molecule has 2 N–H and O–H groups in total. The second kappa shape index (κ2) is 8.21. The van der Waals surface area contributed by atoms with Gasteiger partial charge in [-0.2, -0.15) is 0 Å². The van der Waals surface area contributed by atoms with Crippen molar-refractivity contribution in [2.75, 3.05) is 10.6 Å². The molecule has 2 amide bonds. The SMILES string of the molecule is O=C(CCc1ccccc1)Nc1nc(C(=O)Nc2ccccc2)cs1. The molecule has 2 aromatic carbocycles. The van der Waals surface area contributed by atoms with E-state index in [0.29, 0.717) is 23.7 Å². The summed E-state index contributed by atoms with van der Waals surface area (Å²) in [7, 11) is 0. The topological polar surface area (TPSA) is 71.1 Å². The second-order valence-corrected chi connectivity index (χ2v) is 6.25.